The molecule has 28 heavy (non-hydrogen) atoms. The van der Waals surface area contributed by atoms with Crippen LogP contribution in [-0.2, 0) is 11.2 Å². The molecule has 0 spiro atoms. The van der Waals surface area contributed by atoms with Crippen LogP contribution in [0, 0.1) is 25.7 Å². The summed E-state index contributed by atoms with van der Waals surface area (Å²) < 4.78 is 2.13. The van der Waals surface area contributed by atoms with Gasteiger partial charge in [-0.15, -0.1) is 34.5 Å². The summed E-state index contributed by atoms with van der Waals surface area (Å²) in [5.74, 6) is 7.28. The third kappa shape index (κ3) is 5.81. The molecule has 2 aromatic heterocycles. The molecule has 2 heterocycles. The van der Waals surface area contributed by atoms with Crippen LogP contribution >= 0.6 is 34.4 Å². The van der Waals surface area contributed by atoms with E-state index in [0.717, 1.165) is 60.8 Å². The van der Waals surface area contributed by atoms with Crippen LogP contribution in [0.1, 0.15) is 41.8 Å². The maximum Gasteiger partial charge on any atom is 0.230 e. The van der Waals surface area contributed by atoms with E-state index in [9.17, 15) is 4.79 Å². The number of hydrogen-bond donors (Lipinski definition) is 1. The Morgan fingerprint density at radius 2 is 2.00 bits per heavy atom. The van der Waals surface area contributed by atoms with E-state index in [1.807, 2.05) is 32.0 Å². The molecule has 0 atom stereocenters. The average molecular weight is 430 g/mol. The number of benzene rings is 1. The lowest BCUT2D eigenvalue weighted by Crippen LogP contribution is -2.15. The summed E-state index contributed by atoms with van der Waals surface area (Å²) >= 11 is 5.02. The van der Waals surface area contributed by atoms with Crippen molar-refractivity contribution in [3.05, 3.63) is 33.8 Å². The van der Waals surface area contributed by atoms with Gasteiger partial charge in [-0.25, -0.2) is 9.97 Å². The van der Waals surface area contributed by atoms with E-state index < -0.39 is 0 Å². The topological polar surface area (TPSA) is 54.9 Å². The maximum absolute atomic E-state index is 12.4. The number of aromatic nitrogens is 2. The molecule has 3 aromatic rings. The van der Waals surface area contributed by atoms with Crippen LogP contribution in [0.2, 0.25) is 0 Å². The van der Waals surface area contributed by atoms with Crippen LogP contribution < -0.4 is 5.32 Å². The van der Waals surface area contributed by atoms with E-state index in [4.69, 9.17) is 0 Å². The zero-order valence-corrected chi connectivity index (χ0v) is 18.7. The SMILES string of the molecule is CCCC#CCCSc1nc2ccc(NC(=O)Cc3nc(C)sc3C)cc2s1. The van der Waals surface area contributed by atoms with Crippen LogP contribution in [0.3, 0.4) is 0 Å². The van der Waals surface area contributed by atoms with Gasteiger partial charge in [0.25, 0.3) is 0 Å². The average Bonchev–Trinajstić information content (AvgIpc) is 3.19. The van der Waals surface area contributed by atoms with E-state index in [1.54, 1.807) is 34.4 Å². The third-order valence-corrected chi connectivity index (χ3v) is 7.02. The van der Waals surface area contributed by atoms with Gasteiger partial charge in [0.05, 0.1) is 27.3 Å². The highest BCUT2D eigenvalue weighted by Crippen LogP contribution is 2.31. The lowest BCUT2D eigenvalue weighted by molar-refractivity contribution is -0.115. The van der Waals surface area contributed by atoms with E-state index in [2.05, 4.69) is 34.0 Å². The van der Waals surface area contributed by atoms with E-state index in [0.29, 0.717) is 6.42 Å². The van der Waals surface area contributed by atoms with Gasteiger partial charge in [-0.2, -0.15) is 0 Å². The van der Waals surface area contributed by atoms with Crippen LogP contribution in [-0.4, -0.2) is 21.6 Å². The molecule has 7 heteroatoms. The smallest absolute Gasteiger partial charge is 0.230 e. The highest BCUT2D eigenvalue weighted by molar-refractivity contribution is 8.01. The number of fused-ring (bicyclic) bond motifs is 1. The van der Waals surface area contributed by atoms with Gasteiger partial charge in [-0.3, -0.25) is 4.79 Å². The zero-order valence-electron chi connectivity index (χ0n) is 16.3. The highest BCUT2D eigenvalue weighted by Gasteiger charge is 2.12. The first-order valence-electron chi connectivity index (χ1n) is 9.27. The Hall–Kier alpha value is -1.88. The van der Waals surface area contributed by atoms with Crippen LogP contribution in [0.4, 0.5) is 5.69 Å². The fourth-order valence-electron chi connectivity index (χ4n) is 2.63. The molecule has 1 N–H and O–H groups in total. The number of amides is 1. The fourth-order valence-corrected chi connectivity index (χ4v) is 5.49. The monoisotopic (exact) mass is 429 g/mol. The predicted octanol–water partition coefficient (Wildman–Crippen LogP) is 5.84. The van der Waals surface area contributed by atoms with Gasteiger partial charge in [0, 0.05) is 29.2 Å². The Bertz CT molecular complexity index is 1030. The summed E-state index contributed by atoms with van der Waals surface area (Å²) in [7, 11) is 0. The van der Waals surface area contributed by atoms with Gasteiger partial charge < -0.3 is 5.32 Å². The number of anilines is 1. The van der Waals surface area contributed by atoms with Gasteiger partial charge >= 0.3 is 0 Å². The second-order valence-corrected chi connectivity index (χ2v) is 10.1. The minimum absolute atomic E-state index is 0.0440. The Balaban J connectivity index is 1.58. The van der Waals surface area contributed by atoms with E-state index >= 15 is 0 Å². The molecule has 0 saturated heterocycles. The van der Waals surface area contributed by atoms with Crippen molar-refractivity contribution in [2.24, 2.45) is 0 Å². The Morgan fingerprint density at radius 1 is 1.18 bits per heavy atom. The molecule has 0 saturated carbocycles. The van der Waals surface area contributed by atoms with Crippen molar-refractivity contribution in [2.45, 2.75) is 50.8 Å². The lowest BCUT2D eigenvalue weighted by Gasteiger charge is -2.04. The number of carbonyl (C=O) groups is 1. The van der Waals surface area contributed by atoms with Crippen molar-refractivity contribution < 1.29 is 4.79 Å². The number of thioether (sulfide) groups is 1. The molecule has 1 amide bonds. The lowest BCUT2D eigenvalue weighted by atomic mass is 10.2. The number of rotatable bonds is 7. The molecule has 146 valence electrons. The number of carbonyl (C=O) groups excluding carboxylic acids is 1. The predicted molar refractivity (Wildman–Crippen MR) is 122 cm³/mol. The first-order valence-corrected chi connectivity index (χ1v) is 11.9. The largest absolute Gasteiger partial charge is 0.326 e. The van der Waals surface area contributed by atoms with E-state index in [-0.39, 0.29) is 5.91 Å². The van der Waals surface area contributed by atoms with Gasteiger partial charge in [0.15, 0.2) is 4.34 Å². The van der Waals surface area contributed by atoms with Crippen molar-refractivity contribution in [3.63, 3.8) is 0 Å². The summed E-state index contributed by atoms with van der Waals surface area (Å²) in [5, 5.41) is 3.97. The normalized spacial score (nSPS) is 10.7. The second kappa shape index (κ2) is 10.1. The van der Waals surface area contributed by atoms with Crippen molar-refractivity contribution in [2.75, 3.05) is 11.1 Å². The van der Waals surface area contributed by atoms with Crippen molar-refractivity contribution >= 4 is 56.2 Å². The van der Waals surface area contributed by atoms with E-state index in [1.165, 1.54) is 0 Å². The number of aryl methyl sites for hydroxylation is 2. The van der Waals surface area contributed by atoms with Crippen LogP contribution in [0.25, 0.3) is 10.2 Å². The fraction of sp³-hybridized carbons (Fsp3) is 0.381. The van der Waals surface area contributed by atoms with Crippen molar-refractivity contribution in [1.29, 1.82) is 0 Å². The minimum atomic E-state index is -0.0440. The van der Waals surface area contributed by atoms with Gasteiger partial charge in [0.1, 0.15) is 0 Å². The molecule has 4 nitrogen and oxygen atoms in total. The second-order valence-electron chi connectivity index (χ2n) is 6.33. The van der Waals surface area contributed by atoms with Gasteiger partial charge in [-0.05, 0) is 38.5 Å². The molecule has 0 aliphatic carbocycles. The third-order valence-electron chi connectivity index (χ3n) is 3.93. The Morgan fingerprint density at radius 3 is 2.75 bits per heavy atom. The molecule has 0 unspecified atom stereocenters. The number of nitrogens with one attached hydrogen (secondary N) is 1. The summed E-state index contributed by atoms with van der Waals surface area (Å²) in [4.78, 5) is 22.6. The quantitative estimate of drug-likeness (QED) is 0.291. The van der Waals surface area contributed by atoms with Gasteiger partial charge in [0.2, 0.25) is 5.91 Å². The number of unbranched alkanes of at least 4 members (excludes halogenated alkanes) is 1. The Kier molecular flexibility index (Phi) is 7.49. The molecule has 3 rings (SSSR count). The molecule has 1 aromatic carbocycles. The highest BCUT2D eigenvalue weighted by atomic mass is 32.2. The van der Waals surface area contributed by atoms with Crippen molar-refractivity contribution in [1.82, 2.24) is 9.97 Å². The van der Waals surface area contributed by atoms with Crippen LogP contribution in [0.15, 0.2) is 22.5 Å². The minimum Gasteiger partial charge on any atom is -0.326 e. The maximum atomic E-state index is 12.4. The summed E-state index contributed by atoms with van der Waals surface area (Å²) in [6.07, 6.45) is 3.27. The first kappa shape index (κ1) is 20.8. The Labute approximate surface area is 178 Å². The summed E-state index contributed by atoms with van der Waals surface area (Å²) in [5.41, 5.74) is 2.63. The molecular weight excluding hydrogens is 406 g/mol. The molecule has 0 aliphatic rings. The molecule has 0 fully saturated rings. The summed E-state index contributed by atoms with van der Waals surface area (Å²) in [6.45, 7) is 6.11. The molecule has 0 radical (unpaired) electrons. The van der Waals surface area contributed by atoms with Gasteiger partial charge in [-0.1, -0.05) is 18.7 Å². The van der Waals surface area contributed by atoms with Crippen LogP contribution in [0.5, 0.6) is 0 Å². The zero-order chi connectivity index (χ0) is 19.9. The first-order chi connectivity index (χ1) is 13.5. The molecule has 0 bridgehead atoms. The standard InChI is InChI=1S/C21H23N3OS3/c1-4-5-6-7-8-11-26-21-24-17-10-9-16(12-19(17)28-21)23-20(25)13-18-14(2)27-15(3)22-18/h9-10,12H,4-5,8,11,13H2,1-3H3,(H,23,25). The number of hydrogen-bond acceptors (Lipinski definition) is 6. The molecular formula is C21H23N3OS3. The number of nitrogens with zero attached hydrogens (tertiary/aromatic N) is 2. The molecule has 0 aliphatic heterocycles. The van der Waals surface area contributed by atoms with Crippen molar-refractivity contribution in [3.8, 4) is 11.8 Å². The summed E-state index contributed by atoms with van der Waals surface area (Å²) in [6, 6.07) is 5.86. The number of thiazole rings is 2.